The maximum absolute atomic E-state index is 15.7. The third-order valence-electron chi connectivity index (χ3n) is 5.76. The molecule has 1 unspecified atom stereocenters. The van der Waals surface area contributed by atoms with E-state index in [0.29, 0.717) is 24.7 Å². The van der Waals surface area contributed by atoms with E-state index < -0.39 is 5.67 Å². The van der Waals surface area contributed by atoms with E-state index in [0.717, 1.165) is 48.4 Å². The molecular weight excluding hydrogens is 373 g/mol. The molecule has 1 N–H and O–H groups in total. The molecular formula is C21H24FN5O2. The van der Waals surface area contributed by atoms with Crippen molar-refractivity contribution in [3.63, 3.8) is 0 Å². The number of H-pyrrole nitrogens is 1. The first-order valence-corrected chi connectivity index (χ1v) is 10.1. The van der Waals surface area contributed by atoms with Crippen molar-refractivity contribution in [2.24, 2.45) is 0 Å². The van der Waals surface area contributed by atoms with Gasteiger partial charge in [-0.15, -0.1) is 0 Å². The van der Waals surface area contributed by atoms with Crippen LogP contribution in [0.1, 0.15) is 48.9 Å². The molecule has 5 rings (SSSR count). The van der Waals surface area contributed by atoms with Crippen LogP contribution in [0.5, 0.6) is 5.75 Å². The first kappa shape index (κ1) is 18.3. The molecule has 1 saturated heterocycles. The van der Waals surface area contributed by atoms with Crippen LogP contribution in [0, 0.1) is 0 Å². The normalized spacial score (nSPS) is 22.7. The van der Waals surface area contributed by atoms with Crippen molar-refractivity contribution in [3.8, 4) is 17.0 Å². The van der Waals surface area contributed by atoms with Crippen molar-refractivity contribution in [2.75, 3.05) is 20.2 Å². The number of aromatic nitrogens is 4. The molecule has 3 heterocycles. The molecule has 29 heavy (non-hydrogen) atoms. The van der Waals surface area contributed by atoms with Gasteiger partial charge in [0.25, 0.3) is 5.89 Å². The second-order valence-corrected chi connectivity index (χ2v) is 8.01. The number of rotatable bonds is 6. The number of nitrogens with zero attached hydrogens (tertiary/aromatic N) is 4. The number of hydrogen-bond donors (Lipinski definition) is 1. The smallest absolute Gasteiger partial charge is 0.265 e. The topological polar surface area (TPSA) is 80.1 Å². The SMILES string of the molecule is COc1cccc(-c2[nH]ncc2CN2CCCC(F)(c3nc(C4CC4)no3)C2)c1. The average Bonchev–Trinajstić information content (AvgIpc) is 3.27. The van der Waals surface area contributed by atoms with Gasteiger partial charge in [-0.05, 0) is 44.4 Å². The Morgan fingerprint density at radius 2 is 2.28 bits per heavy atom. The fourth-order valence-electron chi connectivity index (χ4n) is 4.03. The third kappa shape index (κ3) is 3.64. The summed E-state index contributed by atoms with van der Waals surface area (Å²) < 4.78 is 26.4. The highest BCUT2D eigenvalue weighted by atomic mass is 19.1. The van der Waals surface area contributed by atoms with Crippen LogP contribution in [0.25, 0.3) is 11.3 Å². The minimum atomic E-state index is -1.60. The van der Waals surface area contributed by atoms with Gasteiger partial charge < -0.3 is 9.26 Å². The van der Waals surface area contributed by atoms with Crippen LogP contribution in [0.15, 0.2) is 35.0 Å². The van der Waals surface area contributed by atoms with Crippen LogP contribution in [0.4, 0.5) is 4.39 Å². The standard InChI is InChI=1S/C21H24FN5O2/c1-28-17-5-2-4-15(10-17)18-16(11-23-25-18)12-27-9-3-8-21(22,13-27)20-24-19(26-29-20)14-6-7-14/h2,4-5,10-11,14H,3,6-9,12-13H2,1H3,(H,23,25). The highest BCUT2D eigenvalue weighted by Crippen LogP contribution is 2.41. The van der Waals surface area contributed by atoms with Gasteiger partial charge in [0.2, 0.25) is 5.67 Å². The van der Waals surface area contributed by atoms with E-state index in [2.05, 4.69) is 25.2 Å². The van der Waals surface area contributed by atoms with E-state index >= 15 is 4.39 Å². The van der Waals surface area contributed by atoms with Crippen LogP contribution < -0.4 is 4.74 Å². The van der Waals surface area contributed by atoms with E-state index in [1.54, 1.807) is 13.3 Å². The van der Waals surface area contributed by atoms with Crippen molar-refractivity contribution in [3.05, 3.63) is 47.7 Å². The monoisotopic (exact) mass is 397 g/mol. The summed E-state index contributed by atoms with van der Waals surface area (Å²) >= 11 is 0. The van der Waals surface area contributed by atoms with Crippen LogP contribution in [0.2, 0.25) is 0 Å². The lowest BCUT2D eigenvalue weighted by Crippen LogP contribution is -2.43. The molecule has 0 spiro atoms. The molecule has 1 atom stereocenters. The molecule has 3 aromatic rings. The number of likely N-dealkylation sites (tertiary alicyclic amines) is 1. The van der Waals surface area contributed by atoms with Gasteiger partial charge in [-0.3, -0.25) is 10.00 Å². The zero-order valence-electron chi connectivity index (χ0n) is 16.4. The summed E-state index contributed by atoms with van der Waals surface area (Å²) in [4.78, 5) is 6.47. The Bertz CT molecular complexity index is 998. The first-order valence-electron chi connectivity index (χ1n) is 10.1. The molecule has 2 aliphatic rings. The summed E-state index contributed by atoms with van der Waals surface area (Å²) in [7, 11) is 1.65. The number of ether oxygens (including phenoxy) is 1. The van der Waals surface area contributed by atoms with E-state index in [9.17, 15) is 0 Å². The molecule has 7 nitrogen and oxygen atoms in total. The van der Waals surface area contributed by atoms with Crippen molar-refractivity contribution in [1.82, 2.24) is 25.2 Å². The highest BCUT2D eigenvalue weighted by molar-refractivity contribution is 5.64. The molecule has 0 radical (unpaired) electrons. The van der Waals surface area contributed by atoms with E-state index in [4.69, 9.17) is 9.26 Å². The lowest BCUT2D eigenvalue weighted by atomic mass is 9.94. The van der Waals surface area contributed by atoms with Gasteiger partial charge in [0.15, 0.2) is 5.82 Å². The van der Waals surface area contributed by atoms with Gasteiger partial charge in [-0.25, -0.2) is 4.39 Å². The Morgan fingerprint density at radius 3 is 3.10 bits per heavy atom. The molecule has 1 saturated carbocycles. The third-order valence-corrected chi connectivity index (χ3v) is 5.76. The summed E-state index contributed by atoms with van der Waals surface area (Å²) in [5.74, 6) is 1.92. The van der Waals surface area contributed by atoms with Crippen LogP contribution in [-0.2, 0) is 12.2 Å². The molecule has 0 amide bonds. The molecule has 1 aliphatic carbocycles. The van der Waals surface area contributed by atoms with Crippen LogP contribution >= 0.6 is 0 Å². The predicted molar refractivity (Wildman–Crippen MR) is 104 cm³/mol. The summed E-state index contributed by atoms with van der Waals surface area (Å²) in [5.41, 5.74) is 1.34. The quantitative estimate of drug-likeness (QED) is 0.681. The van der Waals surface area contributed by atoms with Gasteiger partial charge >= 0.3 is 0 Å². The summed E-state index contributed by atoms with van der Waals surface area (Å²) in [6.45, 7) is 1.65. The van der Waals surface area contributed by atoms with E-state index in [-0.39, 0.29) is 12.4 Å². The lowest BCUT2D eigenvalue weighted by molar-refractivity contribution is 0.0125. The van der Waals surface area contributed by atoms with Gasteiger partial charge in [0.1, 0.15) is 5.75 Å². The van der Waals surface area contributed by atoms with Crippen LogP contribution in [-0.4, -0.2) is 45.4 Å². The van der Waals surface area contributed by atoms with Crippen LogP contribution in [0.3, 0.4) is 0 Å². The van der Waals surface area contributed by atoms with Crippen molar-refractivity contribution in [1.29, 1.82) is 0 Å². The summed E-state index contributed by atoms with van der Waals surface area (Å²) in [5, 5.41) is 11.3. The zero-order valence-corrected chi connectivity index (χ0v) is 16.4. The lowest BCUT2D eigenvalue weighted by Gasteiger charge is -2.35. The molecule has 2 aromatic heterocycles. The highest BCUT2D eigenvalue weighted by Gasteiger charge is 2.43. The summed E-state index contributed by atoms with van der Waals surface area (Å²) in [6, 6.07) is 7.82. The van der Waals surface area contributed by atoms with Gasteiger partial charge in [-0.1, -0.05) is 17.3 Å². The Kier molecular flexibility index (Phi) is 4.58. The predicted octanol–water partition coefficient (Wildman–Crippen LogP) is 3.81. The minimum Gasteiger partial charge on any atom is -0.497 e. The Morgan fingerprint density at radius 1 is 1.38 bits per heavy atom. The maximum atomic E-state index is 15.7. The number of hydrogen-bond acceptors (Lipinski definition) is 6. The second kappa shape index (κ2) is 7.26. The number of benzene rings is 1. The van der Waals surface area contributed by atoms with Crippen molar-refractivity contribution in [2.45, 2.75) is 43.8 Å². The number of aromatic amines is 1. The largest absolute Gasteiger partial charge is 0.497 e. The minimum absolute atomic E-state index is 0.129. The Hall–Kier alpha value is -2.74. The number of nitrogens with one attached hydrogen (secondary N) is 1. The maximum Gasteiger partial charge on any atom is 0.265 e. The zero-order chi connectivity index (χ0) is 19.8. The fraction of sp³-hybridized carbons (Fsp3) is 0.476. The van der Waals surface area contributed by atoms with Gasteiger partial charge in [-0.2, -0.15) is 10.1 Å². The number of alkyl halides is 1. The fourth-order valence-corrected chi connectivity index (χ4v) is 4.03. The van der Waals surface area contributed by atoms with Crippen molar-refractivity contribution >= 4 is 0 Å². The van der Waals surface area contributed by atoms with Crippen molar-refractivity contribution < 1.29 is 13.7 Å². The molecule has 2 fully saturated rings. The molecule has 152 valence electrons. The number of halogens is 1. The summed E-state index contributed by atoms with van der Waals surface area (Å²) in [6.07, 6.45) is 5.09. The van der Waals surface area contributed by atoms with E-state index in [1.807, 2.05) is 24.3 Å². The Labute approximate surface area is 168 Å². The molecule has 1 aromatic carbocycles. The molecule has 8 heteroatoms. The van der Waals surface area contributed by atoms with E-state index in [1.165, 1.54) is 0 Å². The second-order valence-electron chi connectivity index (χ2n) is 8.01. The Balaban J connectivity index is 1.34. The van der Waals surface area contributed by atoms with Gasteiger partial charge in [0.05, 0.1) is 19.0 Å². The average molecular weight is 397 g/mol. The number of methoxy groups -OCH3 is 1. The molecule has 1 aliphatic heterocycles. The number of piperidine rings is 1. The first-order chi connectivity index (χ1) is 14.1. The van der Waals surface area contributed by atoms with Gasteiger partial charge in [0, 0.05) is 30.1 Å². The molecule has 0 bridgehead atoms.